The number of rotatable bonds is 53. The molecule has 6 heterocycles. The van der Waals surface area contributed by atoms with Crippen molar-refractivity contribution in [3.05, 3.63) is 123 Å². The molecule has 0 bridgehead atoms. The third kappa shape index (κ3) is 28.9. The molecule has 2 aliphatic heterocycles. The number of nitrogens with two attached hydrogens (primary N) is 1. The second kappa shape index (κ2) is 46.9. The van der Waals surface area contributed by atoms with Crippen molar-refractivity contribution in [1.82, 2.24) is 55.4 Å². The van der Waals surface area contributed by atoms with E-state index in [9.17, 15) is 50.4 Å². The fraction of sp³-hybridized carbons (Fsp3) is 0.553. The lowest BCUT2D eigenvalue weighted by atomic mass is 9.85. The summed E-state index contributed by atoms with van der Waals surface area (Å²) >= 11 is 0. The number of sulfone groups is 2. The van der Waals surface area contributed by atoms with Crippen molar-refractivity contribution in [2.75, 3.05) is 164 Å². The minimum absolute atomic E-state index is 0.119. The van der Waals surface area contributed by atoms with Crippen molar-refractivity contribution in [1.29, 1.82) is 0 Å². The van der Waals surface area contributed by atoms with E-state index in [1.54, 1.807) is 71.7 Å². The zero-order chi connectivity index (χ0) is 81.7. The number of pyridine rings is 2. The van der Waals surface area contributed by atoms with Gasteiger partial charge in [-0.15, -0.1) is 5.10 Å². The number of aryl methyl sites for hydroxylation is 1. The summed E-state index contributed by atoms with van der Waals surface area (Å²) in [6, 6.07) is 14.4. The van der Waals surface area contributed by atoms with Gasteiger partial charge in [0, 0.05) is 66.5 Å². The standard InChI is InChI=1S/C76H103N13O23S2/c1-6-76(62-44-65-70-60(49-89(65)72(94)61(62)51-110-73(76)95)58(59-15-10-11-16-63(59)84-70)23-24-69(87(2)3)113(4,97)98)112-75(96)111-50-54-19-21-56(22-20-54)82-71(93)64(17-12-13-25-77)83-68(92)53-109-52-67(91)78-26-28-101-30-32-103-34-36-105-38-40-107-42-43-108-41-39-106-37-35-104-33-31-102-29-27-88-48-57(85-86-88)47-79-66(90)18-9-7-8-14-55-45-80-74(81-46-55)114(5,99)100/h10-11,15-16,19-22,44-46,48,64,69H,6-7,9,12-13,17-18,23-43,47,49-53,77H2,1-5H3,(H,78,91)(H,79,90)(H,82,93)(H,83,92)/t64-,69?,76-/m0/s1. The molecule has 0 radical (unpaired) electrons. The minimum Gasteiger partial charge on any atom is -0.457 e. The number of esters is 1. The SMILES string of the molecule is CC[C@@]1(OC(=O)OCc2ccc(NC(=O)[C@H](CCCCN)NC(=O)COCC(=O)NCCOCCOCCOCCOCCOCCOCCOCCOCCn3cc(CNC(=O)CCCC#Cc4cnc(S(C)(=O)=O)nc4)nn3)cc2)C(=O)OCc2c1cc1n(c2=O)Cc2c-1nc1ccccc1c2CCC(N(C)C)S(C)(=O)=O. The molecule has 36 nitrogen and oxygen atoms in total. The van der Waals surface area contributed by atoms with Gasteiger partial charge >= 0.3 is 12.1 Å². The average Bonchev–Trinajstić information content (AvgIpc) is 1.49. The van der Waals surface area contributed by atoms with Gasteiger partial charge in [0.05, 0.1) is 160 Å². The van der Waals surface area contributed by atoms with E-state index < -0.39 is 85.3 Å². The monoisotopic (exact) mass is 1630 g/mol. The number of benzene rings is 2. The third-order valence-corrected chi connectivity index (χ3v) is 20.4. The lowest BCUT2D eigenvalue weighted by Gasteiger charge is -2.35. The second-order valence-corrected chi connectivity index (χ2v) is 30.8. The van der Waals surface area contributed by atoms with Crippen molar-refractivity contribution >= 4 is 72.0 Å². The van der Waals surface area contributed by atoms with Crippen LogP contribution in [0, 0.1) is 11.8 Å². The van der Waals surface area contributed by atoms with E-state index in [0.29, 0.717) is 177 Å². The number of hydrogen-bond acceptors (Lipinski definition) is 30. The summed E-state index contributed by atoms with van der Waals surface area (Å²) in [6.07, 6.45) is 8.64. The molecule has 622 valence electrons. The molecule has 0 aliphatic carbocycles. The number of nitrogens with one attached hydrogen (secondary N) is 4. The number of nitrogens with zero attached hydrogens (tertiary/aromatic N) is 8. The van der Waals surface area contributed by atoms with Gasteiger partial charge in [0.15, 0.2) is 9.84 Å². The number of carbonyl (C=O) groups excluding carboxylic acids is 6. The molecule has 38 heteroatoms. The Morgan fingerprint density at radius 3 is 1.96 bits per heavy atom. The van der Waals surface area contributed by atoms with E-state index in [0.717, 1.165) is 22.8 Å². The van der Waals surface area contributed by atoms with Crippen molar-refractivity contribution in [3.8, 4) is 23.2 Å². The largest absolute Gasteiger partial charge is 0.510 e. The van der Waals surface area contributed by atoms with Crippen molar-refractivity contribution < 1.29 is 102 Å². The van der Waals surface area contributed by atoms with Crippen LogP contribution < -0.4 is 32.6 Å². The van der Waals surface area contributed by atoms with Gasteiger partial charge in [-0.1, -0.05) is 54.3 Å². The smallest absolute Gasteiger partial charge is 0.457 e. The Morgan fingerprint density at radius 2 is 1.35 bits per heavy atom. The molecule has 2 aromatic carbocycles. The number of cyclic esters (lactones) is 1. The Labute approximate surface area is 662 Å². The Morgan fingerprint density at radius 1 is 0.728 bits per heavy atom. The number of fused-ring (bicyclic) bond motifs is 5. The quantitative estimate of drug-likeness (QED) is 0.0158. The van der Waals surface area contributed by atoms with Crippen LogP contribution in [0.15, 0.2) is 83.1 Å². The van der Waals surface area contributed by atoms with Crippen LogP contribution in [-0.2, 0) is 145 Å². The van der Waals surface area contributed by atoms with Crippen molar-refractivity contribution in [3.63, 3.8) is 0 Å². The Balaban J connectivity index is 0.597. The van der Waals surface area contributed by atoms with Gasteiger partial charge in [0.25, 0.3) is 5.56 Å². The first-order chi connectivity index (χ1) is 55.0. The fourth-order valence-corrected chi connectivity index (χ4v) is 13.9. The molecule has 6 aromatic rings. The maximum Gasteiger partial charge on any atom is 0.510 e. The molecule has 0 spiro atoms. The van der Waals surface area contributed by atoms with Crippen LogP contribution in [0.2, 0.25) is 0 Å². The zero-order valence-electron chi connectivity index (χ0n) is 65.0. The first-order valence-electron chi connectivity index (χ1n) is 37.6. The molecule has 6 N–H and O–H groups in total. The second-order valence-electron chi connectivity index (χ2n) is 26.7. The molecule has 0 saturated carbocycles. The van der Waals surface area contributed by atoms with Gasteiger partial charge in [-0.2, -0.15) is 0 Å². The molecule has 8 rings (SSSR count). The molecular formula is C76H103N13O23S2. The first-order valence-corrected chi connectivity index (χ1v) is 41.4. The average molecular weight is 1630 g/mol. The highest BCUT2D eigenvalue weighted by molar-refractivity contribution is 7.91. The molecular weight excluding hydrogens is 1530 g/mol. The highest BCUT2D eigenvalue weighted by Gasteiger charge is 2.51. The highest BCUT2D eigenvalue weighted by atomic mass is 32.2. The van der Waals surface area contributed by atoms with E-state index in [1.807, 2.05) is 24.3 Å². The van der Waals surface area contributed by atoms with Gasteiger partial charge in [0.1, 0.15) is 43.5 Å². The van der Waals surface area contributed by atoms with E-state index in [2.05, 4.69) is 53.4 Å². The minimum atomic E-state index is -3.48. The number of unbranched alkanes of at least 4 members (excludes halogenated alkanes) is 2. The summed E-state index contributed by atoms with van der Waals surface area (Å²) < 4.78 is 118. The molecule has 114 heavy (non-hydrogen) atoms. The molecule has 2 aliphatic rings. The first kappa shape index (κ1) is 90.2. The number of aromatic nitrogens is 7. The maximum atomic E-state index is 14.4. The van der Waals surface area contributed by atoms with E-state index in [1.165, 1.54) is 18.6 Å². The Kier molecular flexibility index (Phi) is 37.1. The van der Waals surface area contributed by atoms with Crippen LogP contribution in [0.25, 0.3) is 22.3 Å². The maximum absolute atomic E-state index is 14.4. The molecule has 3 atom stereocenters. The number of anilines is 1. The van der Waals surface area contributed by atoms with Gasteiger partial charge in [-0.25, -0.2) is 46.1 Å². The van der Waals surface area contributed by atoms with Crippen LogP contribution in [0.5, 0.6) is 0 Å². The summed E-state index contributed by atoms with van der Waals surface area (Å²) in [7, 11) is -3.50. The zero-order valence-corrected chi connectivity index (χ0v) is 66.6. The molecule has 0 saturated heterocycles. The van der Waals surface area contributed by atoms with Gasteiger partial charge in [0.2, 0.25) is 44.2 Å². The van der Waals surface area contributed by atoms with Crippen LogP contribution in [-0.4, -0.2) is 262 Å². The summed E-state index contributed by atoms with van der Waals surface area (Å²) in [4.78, 5) is 107. The predicted octanol–water partition coefficient (Wildman–Crippen LogP) is 2.45. The lowest BCUT2D eigenvalue weighted by molar-refractivity contribution is -0.175. The molecule has 4 aromatic heterocycles. The van der Waals surface area contributed by atoms with Crippen LogP contribution in [0.4, 0.5) is 10.5 Å². The van der Waals surface area contributed by atoms with Crippen molar-refractivity contribution in [2.45, 2.75) is 120 Å². The summed E-state index contributed by atoms with van der Waals surface area (Å²) in [5.41, 5.74) is 8.49. The van der Waals surface area contributed by atoms with E-state index in [4.69, 9.17) is 67.6 Å². The summed E-state index contributed by atoms with van der Waals surface area (Å²) in [5, 5.41) is 18.9. The van der Waals surface area contributed by atoms with Crippen LogP contribution >= 0.6 is 0 Å². The molecule has 4 amide bonds. The molecule has 0 fully saturated rings. The van der Waals surface area contributed by atoms with Gasteiger partial charge < -0.3 is 88.4 Å². The fourth-order valence-electron chi connectivity index (χ4n) is 12.1. The number of carbonyl (C=O) groups is 6. The Bertz CT molecular complexity index is 4500. The van der Waals surface area contributed by atoms with Crippen LogP contribution in [0.1, 0.15) is 97.4 Å². The number of amides is 4. The number of ether oxygens (including phenoxy) is 12. The normalized spacial score (nSPS) is 14.3. The summed E-state index contributed by atoms with van der Waals surface area (Å²) in [5.74, 6) is 3.13. The topological polar surface area (TPSA) is 450 Å². The van der Waals surface area contributed by atoms with E-state index in [-0.39, 0.29) is 93.9 Å². The van der Waals surface area contributed by atoms with Gasteiger partial charge in [-0.3, -0.25) is 28.9 Å². The Hall–Kier alpha value is -9.34. The number of para-hydroxylation sites is 1. The molecule has 1 unspecified atom stereocenters. The lowest BCUT2D eigenvalue weighted by Crippen LogP contribution is -2.47. The van der Waals surface area contributed by atoms with Crippen molar-refractivity contribution in [2.24, 2.45) is 5.73 Å². The third-order valence-electron chi connectivity index (χ3n) is 17.9. The van der Waals surface area contributed by atoms with Gasteiger partial charge in [-0.05, 0) is 101 Å². The van der Waals surface area contributed by atoms with E-state index >= 15 is 0 Å². The number of hydrogen-bond donors (Lipinski definition) is 5. The summed E-state index contributed by atoms with van der Waals surface area (Å²) in [6.45, 7) is 7.37. The highest BCUT2D eigenvalue weighted by Crippen LogP contribution is 2.43. The van der Waals surface area contributed by atoms with Crippen LogP contribution in [0.3, 0.4) is 0 Å². The predicted molar refractivity (Wildman–Crippen MR) is 412 cm³/mol.